The van der Waals surface area contributed by atoms with Gasteiger partial charge in [0.2, 0.25) is 0 Å². The highest BCUT2D eigenvalue weighted by atomic mass is 16.5. The van der Waals surface area contributed by atoms with Crippen LogP contribution in [0.2, 0.25) is 0 Å². The van der Waals surface area contributed by atoms with E-state index in [1.807, 2.05) is 41.5 Å². The first-order valence-corrected chi connectivity index (χ1v) is 5.76. The summed E-state index contributed by atoms with van der Waals surface area (Å²) < 4.78 is 4.98. The first-order valence-electron chi connectivity index (χ1n) is 5.76. The summed E-state index contributed by atoms with van der Waals surface area (Å²) in [6.45, 7) is 18.8. The molecule has 0 atom stereocenters. The van der Waals surface area contributed by atoms with Crippen molar-refractivity contribution in [2.75, 3.05) is 0 Å². The molecule has 0 amide bonds. The lowest BCUT2D eigenvalue weighted by molar-refractivity contribution is -0.143. The van der Waals surface area contributed by atoms with E-state index in [4.69, 9.17) is 4.74 Å². The van der Waals surface area contributed by atoms with Crippen LogP contribution in [0.25, 0.3) is 0 Å². The third-order valence-corrected chi connectivity index (χ3v) is 2.04. The first kappa shape index (κ1) is 17.1. The molecule has 1 heterocycles. The van der Waals surface area contributed by atoms with Gasteiger partial charge in [0.1, 0.15) is 5.76 Å². The quantitative estimate of drug-likeness (QED) is 0.655. The van der Waals surface area contributed by atoms with Gasteiger partial charge in [-0.15, -0.1) is 0 Å². The van der Waals surface area contributed by atoms with Gasteiger partial charge in [-0.25, -0.2) is 0 Å². The van der Waals surface area contributed by atoms with Crippen molar-refractivity contribution >= 4 is 5.97 Å². The smallest absolute Gasteiger partial charge is 0.321 e. The van der Waals surface area contributed by atoms with Crippen molar-refractivity contribution < 1.29 is 9.53 Å². The molecule has 0 saturated carbocycles. The van der Waals surface area contributed by atoms with Crippen molar-refractivity contribution in [3.8, 4) is 0 Å². The lowest BCUT2D eigenvalue weighted by Gasteiger charge is -2.13. The van der Waals surface area contributed by atoms with Gasteiger partial charge in [0.25, 0.3) is 0 Å². The van der Waals surface area contributed by atoms with Crippen LogP contribution in [0.3, 0.4) is 0 Å². The van der Waals surface area contributed by atoms with E-state index in [9.17, 15) is 4.79 Å². The van der Waals surface area contributed by atoms with Gasteiger partial charge >= 0.3 is 5.97 Å². The molecule has 2 nitrogen and oxygen atoms in total. The molecule has 16 heavy (non-hydrogen) atoms. The first-order chi connectivity index (χ1) is 7.54. The van der Waals surface area contributed by atoms with Crippen molar-refractivity contribution in [1.82, 2.24) is 0 Å². The van der Waals surface area contributed by atoms with Gasteiger partial charge in [-0.05, 0) is 19.9 Å². The number of hydrogen-bond acceptors (Lipinski definition) is 2. The highest BCUT2D eigenvalue weighted by Crippen LogP contribution is 2.38. The maximum atomic E-state index is 11.3. The van der Waals surface area contributed by atoms with Crippen molar-refractivity contribution in [3.63, 3.8) is 0 Å². The Morgan fingerprint density at radius 1 is 1.06 bits per heavy atom. The van der Waals surface area contributed by atoms with Gasteiger partial charge in [-0.1, -0.05) is 46.9 Å². The largest absolute Gasteiger partial charge is 0.426 e. The van der Waals surface area contributed by atoms with Crippen LogP contribution in [0.15, 0.2) is 36.6 Å². The Kier molecular flexibility index (Phi) is 8.46. The molecule has 0 aromatic heterocycles. The molecule has 0 saturated heterocycles. The number of allylic oxidation sites excluding steroid dienone is 2. The van der Waals surface area contributed by atoms with Gasteiger partial charge < -0.3 is 4.74 Å². The second kappa shape index (κ2) is 7.91. The normalized spacial score (nSPS) is 16.2. The molecule has 0 radical (unpaired) electrons. The topological polar surface area (TPSA) is 26.3 Å². The molecular formula is C14H24O2. The Bertz CT molecular complexity index is 283. The molecule has 1 aliphatic heterocycles. The lowest BCUT2D eigenvalue weighted by Crippen LogP contribution is -2.20. The maximum absolute atomic E-state index is 11.3. The van der Waals surface area contributed by atoms with Gasteiger partial charge in [0.15, 0.2) is 0 Å². The number of carbonyl (C=O) groups is 1. The molecule has 0 bridgehead atoms. The Morgan fingerprint density at radius 2 is 1.50 bits per heavy atom. The van der Waals surface area contributed by atoms with E-state index < -0.39 is 5.41 Å². The van der Waals surface area contributed by atoms with E-state index in [-0.39, 0.29) is 5.97 Å². The summed E-state index contributed by atoms with van der Waals surface area (Å²) >= 11 is 0. The maximum Gasteiger partial charge on any atom is 0.321 e. The summed E-state index contributed by atoms with van der Waals surface area (Å²) in [4.78, 5) is 11.3. The van der Waals surface area contributed by atoms with Crippen molar-refractivity contribution in [2.45, 2.75) is 41.5 Å². The van der Waals surface area contributed by atoms with Crippen LogP contribution in [-0.4, -0.2) is 5.97 Å². The Hall–Kier alpha value is -1.31. The summed E-state index contributed by atoms with van der Waals surface area (Å²) in [6.07, 6.45) is 3.17. The molecule has 0 spiro atoms. The van der Waals surface area contributed by atoms with Crippen LogP contribution in [0.1, 0.15) is 41.5 Å². The number of rotatable bonds is 2. The van der Waals surface area contributed by atoms with Crippen LogP contribution >= 0.6 is 0 Å². The molecule has 0 fully saturated rings. The van der Waals surface area contributed by atoms with Gasteiger partial charge in [-0.2, -0.15) is 0 Å². The number of cyclic esters (lactones) is 1. The monoisotopic (exact) mass is 224 g/mol. The summed E-state index contributed by atoms with van der Waals surface area (Å²) in [5, 5.41) is 0. The zero-order chi connectivity index (χ0) is 13.4. The summed E-state index contributed by atoms with van der Waals surface area (Å²) in [6, 6.07) is 0. The number of esters is 1. The molecule has 0 unspecified atom stereocenters. The molecule has 92 valence electrons. The predicted octanol–water partition coefficient (Wildman–Crippen LogP) is 4.25. The summed E-state index contributed by atoms with van der Waals surface area (Å²) in [5.74, 6) is 0.285. The minimum absolute atomic E-state index is 0.243. The van der Waals surface area contributed by atoms with E-state index in [0.717, 1.165) is 5.57 Å². The second-order valence-electron chi connectivity index (χ2n) is 3.20. The Morgan fingerprint density at radius 3 is 1.75 bits per heavy atom. The third kappa shape index (κ3) is 3.37. The SMILES string of the molecule is C=CC1=C(C=C)C(C)(C)C(=O)O1.CC.CC. The fourth-order valence-corrected chi connectivity index (χ4v) is 1.21. The fraction of sp³-hybridized carbons (Fsp3) is 0.500. The minimum Gasteiger partial charge on any atom is -0.426 e. The molecule has 1 rings (SSSR count). The lowest BCUT2D eigenvalue weighted by atomic mass is 9.85. The standard InChI is InChI=1S/C10H12O2.2C2H6/c1-5-7-8(6-2)12-9(11)10(7,3)4;2*1-2/h5-6H,1-2H2,3-4H3;2*1-2H3. The molecule has 0 aliphatic carbocycles. The van der Waals surface area contributed by atoms with Gasteiger partial charge in [0.05, 0.1) is 5.41 Å². The van der Waals surface area contributed by atoms with E-state index >= 15 is 0 Å². The zero-order valence-electron chi connectivity index (χ0n) is 11.4. The molecule has 2 heteroatoms. The molecule has 0 N–H and O–H groups in total. The van der Waals surface area contributed by atoms with Gasteiger partial charge in [0, 0.05) is 5.57 Å². The van der Waals surface area contributed by atoms with Crippen LogP contribution in [0.5, 0.6) is 0 Å². The van der Waals surface area contributed by atoms with E-state index in [2.05, 4.69) is 13.2 Å². The minimum atomic E-state index is -0.578. The van der Waals surface area contributed by atoms with E-state index in [1.54, 1.807) is 6.08 Å². The number of hydrogen-bond donors (Lipinski definition) is 0. The molecular weight excluding hydrogens is 200 g/mol. The van der Waals surface area contributed by atoms with Crippen LogP contribution in [-0.2, 0) is 9.53 Å². The molecule has 0 aromatic rings. The zero-order valence-corrected chi connectivity index (χ0v) is 11.4. The Labute approximate surface area is 99.7 Å². The highest BCUT2D eigenvalue weighted by Gasteiger charge is 2.40. The number of ether oxygens (including phenoxy) is 1. The van der Waals surface area contributed by atoms with Gasteiger partial charge in [-0.3, -0.25) is 4.79 Å². The third-order valence-electron chi connectivity index (χ3n) is 2.04. The fourth-order valence-electron chi connectivity index (χ4n) is 1.21. The van der Waals surface area contributed by atoms with Crippen molar-refractivity contribution in [1.29, 1.82) is 0 Å². The predicted molar refractivity (Wildman–Crippen MR) is 70.0 cm³/mol. The van der Waals surface area contributed by atoms with E-state index in [1.165, 1.54) is 6.08 Å². The number of carbonyl (C=O) groups excluding carboxylic acids is 1. The average molecular weight is 224 g/mol. The van der Waals surface area contributed by atoms with Crippen LogP contribution in [0, 0.1) is 5.41 Å². The van der Waals surface area contributed by atoms with Crippen molar-refractivity contribution in [3.05, 3.63) is 36.6 Å². The Balaban J connectivity index is 0. The molecule has 0 aromatic carbocycles. The van der Waals surface area contributed by atoms with E-state index in [0.29, 0.717) is 5.76 Å². The molecule has 1 aliphatic rings. The second-order valence-corrected chi connectivity index (χ2v) is 3.20. The van der Waals surface area contributed by atoms with Crippen LogP contribution < -0.4 is 0 Å². The summed E-state index contributed by atoms with van der Waals surface area (Å²) in [5.41, 5.74) is 0.230. The van der Waals surface area contributed by atoms with Crippen molar-refractivity contribution in [2.24, 2.45) is 5.41 Å². The van der Waals surface area contributed by atoms with Crippen LogP contribution in [0.4, 0.5) is 0 Å². The average Bonchev–Trinajstić information content (AvgIpc) is 2.54. The highest BCUT2D eigenvalue weighted by molar-refractivity contribution is 5.85. The summed E-state index contributed by atoms with van der Waals surface area (Å²) in [7, 11) is 0.